The normalized spacial score (nSPS) is 49.6. The molecular formula is C24H29BrClFO5. The number of aliphatic hydroxyl groups is 1. The summed E-state index contributed by atoms with van der Waals surface area (Å²) in [6.07, 6.45) is 3.92. The summed E-state index contributed by atoms with van der Waals surface area (Å²) >= 11 is 10.5. The molecule has 4 aliphatic carbocycles. The van der Waals surface area contributed by atoms with Crippen molar-refractivity contribution in [2.24, 2.45) is 28.6 Å². The third-order valence-electron chi connectivity index (χ3n) is 8.93. The van der Waals surface area contributed by atoms with Crippen molar-refractivity contribution in [1.82, 2.24) is 0 Å². The number of alkyl halides is 3. The predicted molar refractivity (Wildman–Crippen MR) is 121 cm³/mol. The zero-order valence-corrected chi connectivity index (χ0v) is 21.0. The number of rotatable bonds is 3. The average molecular weight is 532 g/mol. The van der Waals surface area contributed by atoms with Gasteiger partial charge in [-0.1, -0.05) is 41.4 Å². The van der Waals surface area contributed by atoms with Crippen molar-refractivity contribution in [2.75, 3.05) is 6.61 Å². The van der Waals surface area contributed by atoms with Gasteiger partial charge < -0.3 is 9.84 Å². The largest absolute Gasteiger partial charge is 0.458 e. The maximum absolute atomic E-state index is 17.2. The second-order valence-corrected chi connectivity index (χ2v) is 12.2. The highest BCUT2D eigenvalue weighted by Crippen LogP contribution is 2.72. The van der Waals surface area contributed by atoms with Crippen LogP contribution in [-0.2, 0) is 19.1 Å². The van der Waals surface area contributed by atoms with E-state index in [1.165, 1.54) is 19.1 Å². The van der Waals surface area contributed by atoms with Crippen LogP contribution in [0.1, 0.15) is 47.0 Å². The first-order chi connectivity index (χ1) is 14.7. The molecule has 0 spiro atoms. The molecule has 0 heterocycles. The Kier molecular flexibility index (Phi) is 5.63. The molecule has 0 aromatic heterocycles. The lowest BCUT2D eigenvalue weighted by Gasteiger charge is -2.63. The Bertz CT molecular complexity index is 951. The van der Waals surface area contributed by atoms with E-state index in [2.05, 4.69) is 15.9 Å². The number of carbonyl (C=O) groups is 3. The first-order valence-electron chi connectivity index (χ1n) is 11.0. The third kappa shape index (κ3) is 2.86. The van der Waals surface area contributed by atoms with E-state index in [4.69, 9.17) is 16.3 Å². The fraction of sp³-hybridized carbons (Fsp3) is 0.708. The highest BCUT2D eigenvalue weighted by molar-refractivity contribution is 9.10. The monoisotopic (exact) mass is 530 g/mol. The lowest BCUT2D eigenvalue weighted by Crippen LogP contribution is -2.70. The molecule has 5 nitrogen and oxygen atoms in total. The van der Waals surface area contributed by atoms with Crippen molar-refractivity contribution in [2.45, 2.75) is 68.4 Å². The minimum atomic E-state index is -2.08. The number of esters is 1. The zero-order valence-electron chi connectivity index (χ0n) is 18.7. The van der Waals surface area contributed by atoms with E-state index in [0.717, 1.165) is 0 Å². The summed E-state index contributed by atoms with van der Waals surface area (Å²) in [5.41, 5.74) is -3.43. The molecule has 1 N–H and O–H groups in total. The van der Waals surface area contributed by atoms with E-state index in [1.54, 1.807) is 13.0 Å². The van der Waals surface area contributed by atoms with Gasteiger partial charge in [0.25, 0.3) is 0 Å². The summed E-state index contributed by atoms with van der Waals surface area (Å²) in [4.78, 5) is 36.6. The number of hydrogen-bond donors (Lipinski definition) is 1. The van der Waals surface area contributed by atoms with Crippen molar-refractivity contribution in [3.8, 4) is 0 Å². The second-order valence-electron chi connectivity index (χ2n) is 10.4. The van der Waals surface area contributed by atoms with E-state index in [1.807, 2.05) is 13.8 Å². The summed E-state index contributed by atoms with van der Waals surface area (Å²) in [7, 11) is 0. The Hall–Kier alpha value is -1.05. The van der Waals surface area contributed by atoms with Gasteiger partial charge in [-0.05, 0) is 55.6 Å². The van der Waals surface area contributed by atoms with E-state index in [0.29, 0.717) is 18.4 Å². The summed E-state index contributed by atoms with van der Waals surface area (Å²) in [6, 6.07) is 0. The molecule has 0 aromatic carbocycles. The molecular weight excluding hydrogens is 503 g/mol. The van der Waals surface area contributed by atoms with Crippen LogP contribution in [-0.4, -0.2) is 50.7 Å². The van der Waals surface area contributed by atoms with Gasteiger partial charge in [-0.2, -0.15) is 0 Å². The number of ether oxygens (including phenoxy) is 1. The van der Waals surface area contributed by atoms with Gasteiger partial charge in [-0.25, -0.2) is 4.39 Å². The topological polar surface area (TPSA) is 80.7 Å². The van der Waals surface area contributed by atoms with Gasteiger partial charge in [0.1, 0.15) is 0 Å². The first kappa shape index (κ1) is 24.1. The van der Waals surface area contributed by atoms with Crippen LogP contribution < -0.4 is 0 Å². The molecule has 9 atom stereocenters. The Morgan fingerprint density at radius 2 is 2.03 bits per heavy atom. The highest BCUT2D eigenvalue weighted by atomic mass is 79.9. The molecule has 176 valence electrons. The van der Waals surface area contributed by atoms with Gasteiger partial charge in [0.2, 0.25) is 0 Å². The van der Waals surface area contributed by atoms with Crippen molar-refractivity contribution in [3.05, 3.63) is 23.8 Å². The number of halogens is 3. The van der Waals surface area contributed by atoms with Crippen molar-refractivity contribution in [1.29, 1.82) is 0 Å². The van der Waals surface area contributed by atoms with Crippen LogP contribution in [0.25, 0.3) is 0 Å². The summed E-state index contributed by atoms with van der Waals surface area (Å²) in [5.74, 6) is -2.25. The fourth-order valence-electron chi connectivity index (χ4n) is 7.32. The van der Waals surface area contributed by atoms with Gasteiger partial charge >= 0.3 is 5.97 Å². The molecule has 4 aliphatic rings. The van der Waals surface area contributed by atoms with Gasteiger partial charge in [0, 0.05) is 23.6 Å². The Balaban J connectivity index is 1.80. The molecule has 0 amide bonds. The number of Topliss-reactive ketones (excluding diaryl/α,β-unsaturated/α-hetero) is 1. The van der Waals surface area contributed by atoms with Crippen molar-refractivity contribution >= 4 is 45.1 Å². The fourth-order valence-corrected chi connectivity index (χ4v) is 8.61. The Morgan fingerprint density at radius 1 is 1.38 bits per heavy atom. The van der Waals surface area contributed by atoms with Crippen LogP contribution >= 0.6 is 27.5 Å². The lowest BCUT2D eigenvalue weighted by molar-refractivity contribution is -0.191. The zero-order chi connectivity index (χ0) is 23.9. The van der Waals surface area contributed by atoms with Crippen LogP contribution in [0.15, 0.2) is 23.8 Å². The molecule has 0 bridgehead atoms. The van der Waals surface area contributed by atoms with Crippen LogP contribution in [0.2, 0.25) is 0 Å². The minimum absolute atomic E-state index is 0.0420. The number of fused-ring (bicyclic) bond motifs is 5. The third-order valence-corrected chi connectivity index (χ3v) is 11.5. The van der Waals surface area contributed by atoms with Gasteiger partial charge in [-0.3, -0.25) is 14.4 Å². The molecule has 4 rings (SSSR count). The second kappa shape index (κ2) is 7.47. The summed E-state index contributed by atoms with van der Waals surface area (Å²) < 4.78 is 21.2. The van der Waals surface area contributed by atoms with Crippen LogP contribution in [0, 0.1) is 28.6 Å². The average Bonchev–Trinajstić information content (AvgIpc) is 2.89. The van der Waals surface area contributed by atoms with Crippen molar-refractivity contribution < 1.29 is 28.6 Å². The number of aliphatic hydroxyl groups excluding tert-OH is 1. The van der Waals surface area contributed by atoms with E-state index >= 15 is 4.39 Å². The molecule has 32 heavy (non-hydrogen) atoms. The lowest BCUT2D eigenvalue weighted by atomic mass is 9.45. The first-order valence-corrected chi connectivity index (χ1v) is 12.3. The van der Waals surface area contributed by atoms with Crippen molar-refractivity contribution in [3.63, 3.8) is 0 Å². The number of hydrogen-bond acceptors (Lipinski definition) is 5. The number of carbonyl (C=O) groups excluding carboxylic acids is 3. The van der Waals surface area contributed by atoms with E-state index in [-0.39, 0.29) is 36.4 Å². The molecule has 3 fully saturated rings. The SMILES string of the molecule is CC(=O)OCC(=O)[C@@]1(Br)[C@H](C)C[C@H]2[C@@H]3[C@H](Cl)CC4=CC(=O)C=C[C@]4(C)[C@@]3(F)[C@@H](O)C[C@@]21C. The quantitative estimate of drug-likeness (QED) is 0.438. The van der Waals surface area contributed by atoms with Gasteiger partial charge in [0.05, 0.1) is 10.4 Å². The van der Waals surface area contributed by atoms with Gasteiger partial charge in [0.15, 0.2) is 23.8 Å². The number of allylic oxidation sites excluding steroid dienone is 4. The minimum Gasteiger partial charge on any atom is -0.458 e. The maximum atomic E-state index is 17.2. The van der Waals surface area contributed by atoms with Crippen LogP contribution in [0.4, 0.5) is 4.39 Å². The Morgan fingerprint density at radius 3 is 2.66 bits per heavy atom. The van der Waals surface area contributed by atoms with Crippen LogP contribution in [0.5, 0.6) is 0 Å². The molecule has 0 unspecified atom stereocenters. The molecule has 0 radical (unpaired) electrons. The Labute approximate surface area is 200 Å². The summed E-state index contributed by atoms with van der Waals surface area (Å²) in [6.45, 7) is 6.42. The molecule has 8 heteroatoms. The molecule has 0 aliphatic heterocycles. The van der Waals surface area contributed by atoms with E-state index < -0.39 is 44.2 Å². The molecule has 0 saturated heterocycles. The molecule has 0 aromatic rings. The highest BCUT2D eigenvalue weighted by Gasteiger charge is 2.76. The number of ketones is 2. The predicted octanol–water partition coefficient (Wildman–Crippen LogP) is 4.09. The van der Waals surface area contributed by atoms with Crippen LogP contribution in [0.3, 0.4) is 0 Å². The smallest absolute Gasteiger partial charge is 0.303 e. The standard InChI is InChI=1S/C24H29BrClFO5/c1-12-7-16-20-17(26)9-14-8-15(29)5-6-21(14,3)24(20,27)18(30)10-22(16,4)23(12,25)19(31)11-32-13(2)28/h5-6,8,12,16-18,20,30H,7,9-11H2,1-4H3/t12-,16+,17-,18+,20-,21+,22+,23+,24-/m1/s1. The van der Waals surface area contributed by atoms with Gasteiger partial charge in [-0.15, -0.1) is 11.6 Å². The maximum Gasteiger partial charge on any atom is 0.303 e. The van der Waals surface area contributed by atoms with E-state index in [9.17, 15) is 19.5 Å². The summed E-state index contributed by atoms with van der Waals surface area (Å²) in [5, 5.41) is 10.7. The molecule has 3 saturated carbocycles.